The molecule has 0 spiro atoms. The van der Waals surface area contributed by atoms with Crippen molar-refractivity contribution in [3.63, 3.8) is 0 Å². The highest BCUT2D eigenvalue weighted by molar-refractivity contribution is 5.79. The lowest BCUT2D eigenvalue weighted by Gasteiger charge is -2.23. The van der Waals surface area contributed by atoms with Crippen LogP contribution in [0, 0.1) is 0 Å². The fourth-order valence-corrected chi connectivity index (χ4v) is 1.52. The van der Waals surface area contributed by atoms with Crippen LogP contribution in [0.15, 0.2) is 5.16 Å². The second-order valence-corrected chi connectivity index (χ2v) is 4.54. The van der Waals surface area contributed by atoms with E-state index in [2.05, 4.69) is 36.3 Å². The van der Waals surface area contributed by atoms with Gasteiger partial charge in [0.05, 0.1) is 0 Å². The van der Waals surface area contributed by atoms with Gasteiger partial charge in [-0.3, -0.25) is 0 Å². The highest BCUT2D eigenvalue weighted by Gasteiger charge is 2.04. The maximum Gasteiger partial charge on any atom is 0.139 e. The summed E-state index contributed by atoms with van der Waals surface area (Å²) < 4.78 is 0. The van der Waals surface area contributed by atoms with E-state index in [-0.39, 0.29) is 0 Å². The number of nitrogens with two attached hydrogens (primary N) is 1. The van der Waals surface area contributed by atoms with E-state index in [9.17, 15) is 0 Å². The molecule has 1 atom stereocenters. The molecule has 0 aromatic heterocycles. The van der Waals surface area contributed by atoms with Crippen LogP contribution < -0.4 is 11.1 Å². The molecule has 0 aliphatic carbocycles. The summed E-state index contributed by atoms with van der Waals surface area (Å²) >= 11 is 0. The number of hydrogen-bond acceptors (Lipinski definition) is 4. The number of likely N-dealkylation sites (N-methyl/N-ethyl adjacent to an activating group) is 1. The van der Waals surface area contributed by atoms with Crippen molar-refractivity contribution in [1.82, 2.24) is 10.2 Å². The summed E-state index contributed by atoms with van der Waals surface area (Å²) in [6.45, 7) is 7.55. The molecule has 0 fully saturated rings. The van der Waals surface area contributed by atoms with Gasteiger partial charge in [-0.15, -0.1) is 0 Å². The third-order valence-electron chi connectivity index (χ3n) is 3.15. The summed E-state index contributed by atoms with van der Waals surface area (Å²) in [5.41, 5.74) is 5.38. The van der Waals surface area contributed by atoms with E-state index in [4.69, 9.17) is 10.9 Å². The van der Waals surface area contributed by atoms with E-state index >= 15 is 0 Å². The number of hydrogen-bond donors (Lipinski definition) is 3. The van der Waals surface area contributed by atoms with E-state index < -0.39 is 0 Å². The standard InChI is InChI=1S/C12H28N4O/c1-4-11(2)16(3)10-9-14-8-6-5-7-12(13)15-17/h11,14,17H,4-10H2,1-3H3,(H2,13,15). The predicted molar refractivity (Wildman–Crippen MR) is 72.5 cm³/mol. The molecule has 0 rings (SSSR count). The Bertz CT molecular complexity index is 209. The van der Waals surface area contributed by atoms with Gasteiger partial charge in [-0.2, -0.15) is 0 Å². The summed E-state index contributed by atoms with van der Waals surface area (Å²) in [5, 5.41) is 14.7. The van der Waals surface area contributed by atoms with Gasteiger partial charge in [-0.1, -0.05) is 12.1 Å². The Morgan fingerprint density at radius 1 is 1.41 bits per heavy atom. The van der Waals surface area contributed by atoms with E-state index in [1.54, 1.807) is 0 Å². The maximum atomic E-state index is 8.35. The van der Waals surface area contributed by atoms with Gasteiger partial charge in [0.25, 0.3) is 0 Å². The molecular weight excluding hydrogens is 216 g/mol. The first kappa shape index (κ1) is 16.2. The molecule has 0 aromatic rings. The fraction of sp³-hybridized carbons (Fsp3) is 0.917. The molecule has 0 saturated heterocycles. The average Bonchev–Trinajstić information content (AvgIpc) is 2.35. The van der Waals surface area contributed by atoms with Crippen molar-refractivity contribution in [2.75, 3.05) is 26.7 Å². The predicted octanol–water partition coefficient (Wildman–Crippen LogP) is 1.22. The first-order chi connectivity index (χ1) is 8.11. The van der Waals surface area contributed by atoms with Gasteiger partial charge >= 0.3 is 0 Å². The Kier molecular flexibility index (Phi) is 9.86. The fourth-order valence-electron chi connectivity index (χ4n) is 1.52. The van der Waals surface area contributed by atoms with Crippen molar-refractivity contribution in [1.29, 1.82) is 0 Å². The second-order valence-electron chi connectivity index (χ2n) is 4.54. The van der Waals surface area contributed by atoms with Crippen molar-refractivity contribution in [2.45, 2.75) is 45.6 Å². The molecular formula is C12H28N4O. The molecule has 1 unspecified atom stereocenters. The quantitative estimate of drug-likeness (QED) is 0.178. The van der Waals surface area contributed by atoms with Crippen LogP contribution in [0.3, 0.4) is 0 Å². The van der Waals surface area contributed by atoms with Crippen LogP contribution in [-0.4, -0.2) is 48.7 Å². The smallest absolute Gasteiger partial charge is 0.139 e. The minimum absolute atomic E-state index is 0.321. The molecule has 0 aliphatic heterocycles. The van der Waals surface area contributed by atoms with E-state index in [1.807, 2.05) is 0 Å². The molecule has 0 aromatic carbocycles. The lowest BCUT2D eigenvalue weighted by molar-refractivity contribution is 0.252. The molecule has 0 saturated carbocycles. The minimum Gasteiger partial charge on any atom is -0.409 e. The number of oxime groups is 1. The Labute approximate surface area is 105 Å². The summed E-state index contributed by atoms with van der Waals surface area (Å²) in [4.78, 5) is 2.36. The zero-order valence-corrected chi connectivity index (χ0v) is 11.4. The Morgan fingerprint density at radius 3 is 2.71 bits per heavy atom. The van der Waals surface area contributed by atoms with Gasteiger partial charge in [0, 0.05) is 25.6 Å². The largest absolute Gasteiger partial charge is 0.409 e. The first-order valence-electron chi connectivity index (χ1n) is 6.49. The zero-order chi connectivity index (χ0) is 13.1. The van der Waals surface area contributed by atoms with Gasteiger partial charge in [0.1, 0.15) is 5.84 Å². The Balaban J connectivity index is 3.29. The summed E-state index contributed by atoms with van der Waals surface area (Å²) in [6, 6.07) is 0.650. The van der Waals surface area contributed by atoms with Crippen molar-refractivity contribution >= 4 is 5.84 Å². The lowest BCUT2D eigenvalue weighted by Crippen LogP contribution is -2.35. The molecule has 0 heterocycles. The van der Waals surface area contributed by atoms with Crippen LogP contribution in [0.4, 0.5) is 0 Å². The highest BCUT2D eigenvalue weighted by Crippen LogP contribution is 1.98. The van der Waals surface area contributed by atoms with Crippen LogP contribution >= 0.6 is 0 Å². The molecule has 0 aliphatic rings. The second kappa shape index (κ2) is 10.4. The van der Waals surface area contributed by atoms with Crippen molar-refractivity contribution in [3.05, 3.63) is 0 Å². The maximum absolute atomic E-state index is 8.35. The van der Waals surface area contributed by atoms with Gasteiger partial charge in [-0.25, -0.2) is 0 Å². The minimum atomic E-state index is 0.321. The molecule has 5 nitrogen and oxygen atoms in total. The first-order valence-corrected chi connectivity index (χ1v) is 6.49. The van der Waals surface area contributed by atoms with Crippen LogP contribution in [0.25, 0.3) is 0 Å². The molecule has 5 heteroatoms. The third kappa shape index (κ3) is 8.94. The van der Waals surface area contributed by atoms with E-state index in [1.165, 1.54) is 6.42 Å². The number of amidine groups is 1. The lowest BCUT2D eigenvalue weighted by atomic mass is 10.2. The van der Waals surface area contributed by atoms with E-state index in [0.29, 0.717) is 18.3 Å². The average molecular weight is 244 g/mol. The summed E-state index contributed by atoms with van der Waals surface area (Å²) in [5.74, 6) is 0.321. The van der Waals surface area contributed by atoms with Gasteiger partial charge in [0.2, 0.25) is 0 Å². The van der Waals surface area contributed by atoms with Gasteiger partial charge in [0.15, 0.2) is 0 Å². The highest BCUT2D eigenvalue weighted by atomic mass is 16.4. The van der Waals surface area contributed by atoms with Gasteiger partial charge in [-0.05, 0) is 39.8 Å². The molecule has 102 valence electrons. The van der Waals surface area contributed by atoms with Crippen molar-refractivity contribution in [2.24, 2.45) is 10.9 Å². The van der Waals surface area contributed by atoms with E-state index in [0.717, 1.165) is 32.5 Å². The van der Waals surface area contributed by atoms with Crippen LogP contribution in [0.2, 0.25) is 0 Å². The van der Waals surface area contributed by atoms with Gasteiger partial charge < -0.3 is 21.2 Å². The number of nitrogens with one attached hydrogen (secondary N) is 1. The molecule has 17 heavy (non-hydrogen) atoms. The topological polar surface area (TPSA) is 73.9 Å². The Morgan fingerprint density at radius 2 is 2.12 bits per heavy atom. The molecule has 4 N–H and O–H groups in total. The zero-order valence-electron chi connectivity index (χ0n) is 11.4. The summed E-state index contributed by atoms with van der Waals surface area (Å²) in [6.07, 6.45) is 3.88. The van der Waals surface area contributed by atoms with Crippen LogP contribution in [0.1, 0.15) is 39.5 Å². The normalized spacial score (nSPS) is 14.2. The Hall–Kier alpha value is -0.810. The number of nitrogens with zero attached hydrogens (tertiary/aromatic N) is 2. The number of rotatable bonds is 10. The van der Waals surface area contributed by atoms with Crippen molar-refractivity contribution < 1.29 is 5.21 Å². The molecule has 0 radical (unpaired) electrons. The summed E-state index contributed by atoms with van der Waals surface area (Å²) in [7, 11) is 2.16. The monoisotopic (exact) mass is 244 g/mol. The van der Waals surface area contributed by atoms with Crippen LogP contribution in [-0.2, 0) is 0 Å². The third-order valence-corrected chi connectivity index (χ3v) is 3.15. The van der Waals surface area contributed by atoms with Crippen molar-refractivity contribution in [3.8, 4) is 0 Å². The SMILES string of the molecule is CCC(C)N(C)CCNCCCCC(N)=NO. The molecule has 0 bridgehead atoms. The van der Waals surface area contributed by atoms with Crippen LogP contribution in [0.5, 0.6) is 0 Å². The molecule has 0 amide bonds. The number of unbranched alkanes of at least 4 members (excludes halogenated alkanes) is 1.